The molecule has 0 aliphatic rings. The Balaban J connectivity index is 0.00000256. The van der Waals surface area contributed by atoms with Gasteiger partial charge in [0.05, 0.1) is 4.92 Å². The minimum absolute atomic E-state index is 0. The highest BCUT2D eigenvalue weighted by Gasteiger charge is 2.08. The second-order valence-corrected chi connectivity index (χ2v) is 3.16. The topological polar surface area (TPSA) is 84.3 Å². The van der Waals surface area contributed by atoms with Gasteiger partial charge in [-0.2, -0.15) is 0 Å². The first-order valence-corrected chi connectivity index (χ1v) is 4.82. The summed E-state index contributed by atoms with van der Waals surface area (Å²) in [6.07, 6.45) is 0. The number of hydrogen-bond acceptors (Lipinski definition) is 4. The van der Waals surface area contributed by atoms with E-state index in [0.717, 1.165) is 0 Å². The lowest BCUT2D eigenvalue weighted by atomic mass is 10.2. The first kappa shape index (κ1) is 15.3. The summed E-state index contributed by atoms with van der Waals surface area (Å²) < 4.78 is 0. The van der Waals surface area contributed by atoms with Crippen molar-refractivity contribution < 1.29 is 9.72 Å². The van der Waals surface area contributed by atoms with E-state index in [-0.39, 0.29) is 24.0 Å². The molecule has 0 saturated heterocycles. The molecule has 0 aromatic heterocycles. The predicted molar refractivity (Wildman–Crippen MR) is 66.6 cm³/mol. The van der Waals surface area contributed by atoms with Crippen LogP contribution in [0.2, 0.25) is 0 Å². The highest BCUT2D eigenvalue weighted by atomic mass is 35.5. The summed E-state index contributed by atoms with van der Waals surface area (Å²) in [6, 6.07) is 5.50. The second kappa shape index (κ2) is 7.59. The van der Waals surface area contributed by atoms with Crippen LogP contribution in [0.3, 0.4) is 0 Å². The molecule has 0 fully saturated rings. The Morgan fingerprint density at radius 2 is 1.88 bits per heavy atom. The van der Waals surface area contributed by atoms with Crippen molar-refractivity contribution in [2.75, 3.05) is 20.1 Å². The summed E-state index contributed by atoms with van der Waals surface area (Å²) in [5, 5.41) is 16.0. The molecule has 0 aliphatic carbocycles. The second-order valence-electron chi connectivity index (χ2n) is 3.16. The fraction of sp³-hybridized carbons (Fsp3) is 0.300. The average molecular weight is 260 g/mol. The summed E-state index contributed by atoms with van der Waals surface area (Å²) in [5.74, 6) is -0.231. The summed E-state index contributed by atoms with van der Waals surface area (Å²) in [7, 11) is 1.79. The van der Waals surface area contributed by atoms with Crippen LogP contribution >= 0.6 is 12.4 Å². The molecule has 0 aliphatic heterocycles. The lowest BCUT2D eigenvalue weighted by Gasteiger charge is -2.04. The van der Waals surface area contributed by atoms with Gasteiger partial charge in [0.1, 0.15) is 0 Å². The minimum atomic E-state index is -0.497. The molecule has 0 heterocycles. The Hall–Kier alpha value is -1.66. The van der Waals surface area contributed by atoms with E-state index in [0.29, 0.717) is 18.7 Å². The number of amides is 1. The number of hydrogen-bond donors (Lipinski definition) is 2. The SMILES string of the molecule is CNCCNC(=O)c1ccc([N+](=O)[O-])cc1.Cl. The zero-order valence-corrected chi connectivity index (χ0v) is 10.1. The average Bonchev–Trinajstić information content (AvgIpc) is 2.29. The number of rotatable bonds is 5. The standard InChI is InChI=1S/C10H13N3O3.ClH/c1-11-6-7-12-10(14)8-2-4-9(5-3-8)13(15)16;/h2-5,11H,6-7H2,1H3,(H,12,14);1H. The van der Waals surface area contributed by atoms with Crippen LogP contribution in [0, 0.1) is 10.1 Å². The molecule has 7 heteroatoms. The van der Waals surface area contributed by atoms with E-state index < -0.39 is 4.92 Å². The fourth-order valence-electron chi connectivity index (χ4n) is 1.14. The van der Waals surface area contributed by atoms with Crippen LogP contribution < -0.4 is 10.6 Å². The molecule has 0 unspecified atom stereocenters. The van der Waals surface area contributed by atoms with Gasteiger partial charge in [-0.25, -0.2) is 0 Å². The number of nitro benzene ring substituents is 1. The lowest BCUT2D eigenvalue weighted by Crippen LogP contribution is -2.30. The minimum Gasteiger partial charge on any atom is -0.351 e. The maximum Gasteiger partial charge on any atom is 0.269 e. The molecule has 1 amide bonds. The molecule has 0 saturated carbocycles. The quantitative estimate of drug-likeness (QED) is 0.469. The molecular weight excluding hydrogens is 246 g/mol. The third kappa shape index (κ3) is 4.80. The van der Waals surface area contributed by atoms with Crippen molar-refractivity contribution >= 4 is 24.0 Å². The van der Waals surface area contributed by atoms with E-state index in [1.165, 1.54) is 24.3 Å². The first-order valence-electron chi connectivity index (χ1n) is 4.82. The monoisotopic (exact) mass is 259 g/mol. The molecule has 94 valence electrons. The van der Waals surface area contributed by atoms with E-state index in [9.17, 15) is 14.9 Å². The fourth-order valence-corrected chi connectivity index (χ4v) is 1.14. The highest BCUT2D eigenvalue weighted by molar-refractivity contribution is 5.94. The number of likely N-dealkylation sites (N-methyl/N-ethyl adjacent to an activating group) is 1. The molecule has 0 spiro atoms. The zero-order valence-electron chi connectivity index (χ0n) is 9.30. The molecule has 0 bridgehead atoms. The van der Waals surface area contributed by atoms with Gasteiger partial charge in [-0.1, -0.05) is 0 Å². The van der Waals surface area contributed by atoms with Crippen LogP contribution in [0.15, 0.2) is 24.3 Å². The van der Waals surface area contributed by atoms with Crippen LogP contribution in [0.5, 0.6) is 0 Å². The van der Waals surface area contributed by atoms with Gasteiger partial charge in [0.15, 0.2) is 0 Å². The van der Waals surface area contributed by atoms with Crippen molar-refractivity contribution in [2.45, 2.75) is 0 Å². The third-order valence-electron chi connectivity index (χ3n) is 2.00. The number of halogens is 1. The Bertz CT molecular complexity index is 381. The Kier molecular flexibility index (Phi) is 6.85. The first-order chi connectivity index (χ1) is 7.65. The van der Waals surface area contributed by atoms with Crippen molar-refractivity contribution in [2.24, 2.45) is 0 Å². The normalized spacial score (nSPS) is 9.24. The summed E-state index contributed by atoms with van der Waals surface area (Å²) in [6.45, 7) is 1.20. The van der Waals surface area contributed by atoms with Crippen LogP contribution in [-0.2, 0) is 0 Å². The van der Waals surface area contributed by atoms with Gasteiger partial charge in [-0.15, -0.1) is 12.4 Å². The molecule has 1 aromatic rings. The van der Waals surface area contributed by atoms with Crippen LogP contribution in [-0.4, -0.2) is 31.0 Å². The maximum absolute atomic E-state index is 11.5. The van der Waals surface area contributed by atoms with Crippen molar-refractivity contribution in [3.8, 4) is 0 Å². The molecule has 6 nitrogen and oxygen atoms in total. The summed E-state index contributed by atoms with van der Waals surface area (Å²) in [5.41, 5.74) is 0.397. The van der Waals surface area contributed by atoms with E-state index in [4.69, 9.17) is 0 Å². The number of nitro groups is 1. The Morgan fingerprint density at radius 1 is 1.29 bits per heavy atom. The molecular formula is C10H14ClN3O3. The molecule has 2 N–H and O–H groups in total. The van der Waals surface area contributed by atoms with E-state index in [2.05, 4.69) is 10.6 Å². The van der Waals surface area contributed by atoms with E-state index in [1.54, 1.807) is 7.05 Å². The summed E-state index contributed by atoms with van der Waals surface area (Å²) >= 11 is 0. The molecule has 17 heavy (non-hydrogen) atoms. The number of nitrogens with one attached hydrogen (secondary N) is 2. The van der Waals surface area contributed by atoms with E-state index >= 15 is 0 Å². The van der Waals surface area contributed by atoms with Crippen molar-refractivity contribution in [3.05, 3.63) is 39.9 Å². The molecule has 0 radical (unpaired) electrons. The summed E-state index contributed by atoms with van der Waals surface area (Å²) in [4.78, 5) is 21.4. The number of nitrogens with zero attached hydrogens (tertiary/aromatic N) is 1. The Labute approximate surface area is 105 Å². The third-order valence-corrected chi connectivity index (χ3v) is 2.00. The lowest BCUT2D eigenvalue weighted by molar-refractivity contribution is -0.384. The van der Waals surface area contributed by atoms with Gasteiger partial charge in [0.2, 0.25) is 0 Å². The smallest absolute Gasteiger partial charge is 0.269 e. The zero-order chi connectivity index (χ0) is 12.0. The molecule has 1 rings (SSSR count). The maximum atomic E-state index is 11.5. The van der Waals surface area contributed by atoms with Crippen molar-refractivity contribution in [3.63, 3.8) is 0 Å². The van der Waals surface area contributed by atoms with E-state index in [1.807, 2.05) is 0 Å². The van der Waals surface area contributed by atoms with Gasteiger partial charge in [-0.05, 0) is 19.2 Å². The van der Waals surface area contributed by atoms with Crippen LogP contribution in [0.4, 0.5) is 5.69 Å². The number of carbonyl (C=O) groups excluding carboxylic acids is 1. The van der Waals surface area contributed by atoms with Gasteiger partial charge in [-0.3, -0.25) is 14.9 Å². The van der Waals surface area contributed by atoms with Gasteiger partial charge >= 0.3 is 0 Å². The highest BCUT2D eigenvalue weighted by Crippen LogP contribution is 2.11. The molecule has 1 aromatic carbocycles. The van der Waals surface area contributed by atoms with Crippen molar-refractivity contribution in [1.82, 2.24) is 10.6 Å². The number of carbonyl (C=O) groups is 1. The predicted octanol–water partition coefficient (Wildman–Crippen LogP) is 0.966. The largest absolute Gasteiger partial charge is 0.351 e. The Morgan fingerprint density at radius 3 is 2.35 bits per heavy atom. The van der Waals surface area contributed by atoms with Gasteiger partial charge in [0.25, 0.3) is 11.6 Å². The van der Waals surface area contributed by atoms with Crippen molar-refractivity contribution in [1.29, 1.82) is 0 Å². The van der Waals surface area contributed by atoms with Gasteiger partial charge < -0.3 is 10.6 Å². The number of benzene rings is 1. The molecule has 0 atom stereocenters. The van der Waals surface area contributed by atoms with Crippen LogP contribution in [0.1, 0.15) is 10.4 Å². The number of non-ortho nitro benzene ring substituents is 1. The van der Waals surface area contributed by atoms with Gasteiger partial charge in [0, 0.05) is 30.8 Å². The van der Waals surface area contributed by atoms with Crippen LogP contribution in [0.25, 0.3) is 0 Å².